The highest BCUT2D eigenvalue weighted by Crippen LogP contribution is 2.35. The number of phenolic OH excluding ortho intramolecular Hbond substituents is 1. The molecule has 23 heavy (non-hydrogen) atoms. The minimum absolute atomic E-state index is 0.328. The van der Waals surface area contributed by atoms with Crippen LogP contribution in [0.1, 0.15) is 49.8 Å². The monoisotopic (exact) mass is 331 g/mol. The van der Waals surface area contributed by atoms with Crippen LogP contribution in [0.4, 0.5) is 5.82 Å². The van der Waals surface area contributed by atoms with Gasteiger partial charge in [-0.15, -0.1) is 0 Å². The molecule has 122 valence electrons. The number of benzene rings is 1. The first-order valence-electron chi connectivity index (χ1n) is 8.22. The molecule has 1 aliphatic carbocycles. The average Bonchev–Trinajstić information content (AvgIpc) is 2.58. The second kappa shape index (κ2) is 7.18. The first-order chi connectivity index (χ1) is 11.2. The molecule has 1 fully saturated rings. The third-order valence-electron chi connectivity index (χ3n) is 4.63. The molecule has 4 nitrogen and oxygen atoms in total. The van der Waals surface area contributed by atoms with Crippen molar-refractivity contribution in [3.05, 3.63) is 46.9 Å². The summed E-state index contributed by atoms with van der Waals surface area (Å²) in [4.78, 5) is 8.49. The summed E-state index contributed by atoms with van der Waals surface area (Å²) in [6, 6.07) is 8.00. The van der Waals surface area contributed by atoms with Crippen LogP contribution >= 0.6 is 11.6 Å². The van der Waals surface area contributed by atoms with E-state index in [-0.39, 0.29) is 0 Å². The fraction of sp³-hybridized carbons (Fsp3) is 0.444. The van der Waals surface area contributed by atoms with Crippen LogP contribution in [0.5, 0.6) is 5.75 Å². The number of aromatic nitrogens is 2. The minimum Gasteiger partial charge on any atom is -0.508 e. The summed E-state index contributed by atoms with van der Waals surface area (Å²) >= 11 is 6.36. The molecule has 0 unspecified atom stereocenters. The van der Waals surface area contributed by atoms with Crippen molar-refractivity contribution in [3.63, 3.8) is 0 Å². The number of hydrogen-bond acceptors (Lipinski definition) is 4. The Hall–Kier alpha value is -1.81. The predicted octanol–water partition coefficient (Wildman–Crippen LogP) is 4.54. The molecule has 0 bridgehead atoms. The van der Waals surface area contributed by atoms with Crippen molar-refractivity contribution >= 4 is 17.4 Å². The fourth-order valence-corrected chi connectivity index (χ4v) is 3.55. The van der Waals surface area contributed by atoms with Crippen molar-refractivity contribution in [3.8, 4) is 5.75 Å². The molecule has 0 amide bonds. The van der Waals surface area contributed by atoms with Gasteiger partial charge < -0.3 is 10.4 Å². The predicted molar refractivity (Wildman–Crippen MR) is 93.1 cm³/mol. The number of aryl methyl sites for hydroxylation is 1. The molecule has 2 aromatic rings. The molecule has 1 aromatic heterocycles. The molecule has 0 spiro atoms. The lowest BCUT2D eigenvalue weighted by molar-refractivity contribution is 0.411. The van der Waals surface area contributed by atoms with Crippen LogP contribution in [-0.4, -0.2) is 21.1 Å². The summed E-state index contributed by atoms with van der Waals surface area (Å²) in [5.74, 6) is 1.65. The molecule has 1 aliphatic rings. The van der Waals surface area contributed by atoms with Gasteiger partial charge in [0.15, 0.2) is 0 Å². The number of anilines is 1. The van der Waals surface area contributed by atoms with E-state index in [0.717, 1.165) is 43.6 Å². The van der Waals surface area contributed by atoms with E-state index < -0.39 is 0 Å². The van der Waals surface area contributed by atoms with E-state index in [1.165, 1.54) is 5.56 Å². The Balaban J connectivity index is 1.60. The second-order valence-electron chi connectivity index (χ2n) is 6.12. The zero-order valence-corrected chi connectivity index (χ0v) is 14.1. The van der Waals surface area contributed by atoms with Gasteiger partial charge in [-0.25, -0.2) is 9.97 Å². The van der Waals surface area contributed by atoms with Crippen molar-refractivity contribution in [2.24, 2.45) is 0 Å². The van der Waals surface area contributed by atoms with E-state index in [0.29, 0.717) is 22.7 Å². The highest BCUT2D eigenvalue weighted by molar-refractivity contribution is 6.33. The van der Waals surface area contributed by atoms with Crippen molar-refractivity contribution in [2.75, 3.05) is 5.32 Å². The molecule has 1 heterocycles. The normalized spacial score (nSPS) is 21.1. The second-order valence-corrected chi connectivity index (χ2v) is 6.50. The van der Waals surface area contributed by atoms with Gasteiger partial charge in [-0.3, -0.25) is 0 Å². The number of rotatable bonds is 4. The summed E-state index contributed by atoms with van der Waals surface area (Å²) in [6.07, 6.45) is 6.83. The number of halogens is 1. The zero-order valence-electron chi connectivity index (χ0n) is 13.3. The maximum Gasteiger partial charge on any atom is 0.148 e. The SMILES string of the molecule is CCc1ncnc(NC2CCC(c3ccc(O)cc3)CC2)c1Cl. The fourth-order valence-electron chi connectivity index (χ4n) is 3.26. The Morgan fingerprint density at radius 3 is 2.48 bits per heavy atom. The lowest BCUT2D eigenvalue weighted by atomic mass is 9.82. The molecule has 0 aliphatic heterocycles. The summed E-state index contributed by atoms with van der Waals surface area (Å²) in [7, 11) is 0. The van der Waals surface area contributed by atoms with Crippen molar-refractivity contribution in [2.45, 2.75) is 51.0 Å². The summed E-state index contributed by atoms with van der Waals surface area (Å²) < 4.78 is 0. The maximum atomic E-state index is 9.40. The van der Waals surface area contributed by atoms with Gasteiger partial charge in [-0.05, 0) is 55.7 Å². The van der Waals surface area contributed by atoms with E-state index >= 15 is 0 Å². The van der Waals surface area contributed by atoms with Gasteiger partial charge >= 0.3 is 0 Å². The van der Waals surface area contributed by atoms with E-state index in [1.807, 2.05) is 19.1 Å². The Morgan fingerprint density at radius 1 is 1.13 bits per heavy atom. The molecular formula is C18H22ClN3O. The smallest absolute Gasteiger partial charge is 0.148 e. The standard InChI is InChI=1S/C18H22ClN3O/c1-2-16-17(19)18(21-11-20-16)22-14-7-3-12(4-8-14)13-5-9-15(23)10-6-13/h5-6,9-12,14,23H,2-4,7-8H2,1H3,(H,20,21,22). The number of phenols is 1. The van der Waals surface area contributed by atoms with Gasteiger partial charge in [0.25, 0.3) is 0 Å². The van der Waals surface area contributed by atoms with Gasteiger partial charge in [0.1, 0.15) is 22.9 Å². The Kier molecular flexibility index (Phi) is 5.01. The quantitative estimate of drug-likeness (QED) is 0.863. The van der Waals surface area contributed by atoms with Crippen LogP contribution in [0.15, 0.2) is 30.6 Å². The number of nitrogens with one attached hydrogen (secondary N) is 1. The minimum atomic E-state index is 0.328. The third-order valence-corrected chi connectivity index (χ3v) is 5.03. The van der Waals surface area contributed by atoms with Crippen molar-refractivity contribution < 1.29 is 5.11 Å². The molecule has 1 aromatic carbocycles. The van der Waals surface area contributed by atoms with E-state index in [1.54, 1.807) is 18.5 Å². The summed E-state index contributed by atoms with van der Waals surface area (Å²) in [6.45, 7) is 2.04. The molecule has 5 heteroatoms. The third kappa shape index (κ3) is 3.75. The number of hydrogen-bond donors (Lipinski definition) is 2. The van der Waals surface area contributed by atoms with Crippen LogP contribution in [0, 0.1) is 0 Å². The zero-order chi connectivity index (χ0) is 16.2. The van der Waals surface area contributed by atoms with E-state index in [4.69, 9.17) is 11.6 Å². The molecule has 1 saturated carbocycles. The highest BCUT2D eigenvalue weighted by atomic mass is 35.5. The summed E-state index contributed by atoms with van der Waals surface area (Å²) in [5.41, 5.74) is 2.21. The molecule has 0 saturated heterocycles. The first kappa shape index (κ1) is 16.1. The maximum absolute atomic E-state index is 9.40. The van der Waals surface area contributed by atoms with Crippen LogP contribution in [-0.2, 0) is 6.42 Å². The largest absolute Gasteiger partial charge is 0.508 e. The van der Waals surface area contributed by atoms with E-state index in [9.17, 15) is 5.11 Å². The molecular weight excluding hydrogens is 310 g/mol. The van der Waals surface area contributed by atoms with Gasteiger partial charge in [-0.2, -0.15) is 0 Å². The van der Waals surface area contributed by atoms with Crippen LogP contribution < -0.4 is 5.32 Å². The molecule has 0 atom stereocenters. The topological polar surface area (TPSA) is 58.0 Å². The highest BCUT2D eigenvalue weighted by Gasteiger charge is 2.23. The number of nitrogens with zero attached hydrogens (tertiary/aromatic N) is 2. The lowest BCUT2D eigenvalue weighted by Crippen LogP contribution is -2.26. The van der Waals surface area contributed by atoms with Gasteiger partial charge in [0, 0.05) is 6.04 Å². The first-order valence-corrected chi connectivity index (χ1v) is 8.60. The summed E-state index contributed by atoms with van der Waals surface area (Å²) in [5, 5.41) is 13.5. The molecule has 2 N–H and O–H groups in total. The Morgan fingerprint density at radius 2 is 1.83 bits per heavy atom. The molecule has 0 radical (unpaired) electrons. The van der Waals surface area contributed by atoms with E-state index in [2.05, 4.69) is 15.3 Å². The lowest BCUT2D eigenvalue weighted by Gasteiger charge is -2.30. The number of aromatic hydroxyl groups is 1. The van der Waals surface area contributed by atoms with Crippen LogP contribution in [0.25, 0.3) is 0 Å². The van der Waals surface area contributed by atoms with Crippen LogP contribution in [0.2, 0.25) is 5.02 Å². The Bertz CT molecular complexity index is 652. The average molecular weight is 332 g/mol. The van der Waals surface area contributed by atoms with Gasteiger partial charge in [0.05, 0.1) is 5.69 Å². The van der Waals surface area contributed by atoms with Crippen LogP contribution in [0.3, 0.4) is 0 Å². The Labute approximate surface area is 141 Å². The van der Waals surface area contributed by atoms with Gasteiger partial charge in [-0.1, -0.05) is 30.7 Å². The van der Waals surface area contributed by atoms with Crippen molar-refractivity contribution in [1.29, 1.82) is 0 Å². The van der Waals surface area contributed by atoms with Gasteiger partial charge in [0.2, 0.25) is 0 Å². The molecule has 3 rings (SSSR count). The van der Waals surface area contributed by atoms with Crippen molar-refractivity contribution in [1.82, 2.24) is 9.97 Å².